The molecular weight excluding hydrogens is 204 g/mol. The van der Waals surface area contributed by atoms with E-state index >= 15 is 0 Å². The van der Waals surface area contributed by atoms with E-state index in [1.807, 2.05) is 0 Å². The van der Waals surface area contributed by atoms with Crippen LogP contribution in [0.4, 0.5) is 4.79 Å². The minimum atomic E-state index is -0.426. The number of hydrogen-bond acceptors (Lipinski definition) is 3. The Morgan fingerprint density at radius 1 is 1.29 bits per heavy atom. The summed E-state index contributed by atoms with van der Waals surface area (Å²) in [6.07, 6.45) is -0.353. The summed E-state index contributed by atoms with van der Waals surface area (Å²) in [4.78, 5) is 25.8. The Labute approximate surface area is 86.2 Å². The van der Waals surface area contributed by atoms with E-state index in [0.717, 1.165) is 0 Å². The maximum atomic E-state index is 11.5. The van der Waals surface area contributed by atoms with Gasteiger partial charge in [-0.15, -0.1) is 0 Å². The molecule has 0 radical (unpaired) electrons. The highest BCUT2D eigenvalue weighted by Gasteiger charge is 2.47. The van der Waals surface area contributed by atoms with Crippen molar-refractivity contribution in [3.63, 3.8) is 0 Å². The lowest BCUT2D eigenvalue weighted by Gasteiger charge is -2.34. The molecular formula is C7H10N4O2S. The number of nitrogens with one attached hydrogen (secondary N) is 2. The quantitative estimate of drug-likeness (QED) is 0.490. The van der Waals surface area contributed by atoms with Crippen LogP contribution in [0.3, 0.4) is 0 Å². The average molecular weight is 214 g/mol. The molecule has 2 unspecified atom stereocenters. The van der Waals surface area contributed by atoms with Gasteiger partial charge in [-0.05, 0) is 12.2 Å². The molecule has 76 valence electrons. The van der Waals surface area contributed by atoms with Crippen molar-refractivity contribution in [2.24, 2.45) is 0 Å². The average Bonchev–Trinajstić information content (AvgIpc) is 2.40. The molecule has 0 aromatic rings. The first-order valence-electron chi connectivity index (χ1n) is 4.13. The van der Waals surface area contributed by atoms with Gasteiger partial charge in [0.2, 0.25) is 0 Å². The van der Waals surface area contributed by atoms with Gasteiger partial charge in [-0.3, -0.25) is 10.1 Å². The van der Waals surface area contributed by atoms with Crippen LogP contribution in [-0.2, 0) is 4.79 Å². The highest BCUT2D eigenvalue weighted by atomic mass is 32.1. The standard InChI is InChI=1S/C7H10N4O2S/c1-10-3-4(8-7(10)14)11(2)6(13)9-5(3)12/h3-4H,1-2H3,(H,8,14)(H,9,12,13). The number of thiocarbonyl (C=S) groups is 1. The SMILES string of the molecule is CN1C(=O)NC(=O)C2C1NC(=S)N2C. The number of fused-ring (bicyclic) bond motifs is 1. The van der Waals surface area contributed by atoms with E-state index in [1.54, 1.807) is 19.0 Å². The summed E-state index contributed by atoms with van der Waals surface area (Å²) in [5.74, 6) is -0.312. The summed E-state index contributed by atoms with van der Waals surface area (Å²) < 4.78 is 0. The van der Waals surface area contributed by atoms with Gasteiger partial charge in [-0.2, -0.15) is 0 Å². The Kier molecular flexibility index (Phi) is 1.84. The molecule has 2 aliphatic rings. The van der Waals surface area contributed by atoms with E-state index in [0.29, 0.717) is 5.11 Å². The molecule has 2 fully saturated rings. The second kappa shape index (κ2) is 2.81. The van der Waals surface area contributed by atoms with Crippen molar-refractivity contribution in [2.75, 3.05) is 14.1 Å². The maximum absolute atomic E-state index is 11.5. The largest absolute Gasteiger partial charge is 0.340 e. The summed E-state index contributed by atoms with van der Waals surface area (Å²) in [5, 5.41) is 5.66. The fraction of sp³-hybridized carbons (Fsp3) is 0.571. The normalized spacial score (nSPS) is 31.4. The van der Waals surface area contributed by atoms with Gasteiger partial charge in [0.15, 0.2) is 5.11 Å². The lowest BCUT2D eigenvalue weighted by atomic mass is 10.1. The number of rotatable bonds is 0. The van der Waals surface area contributed by atoms with Crippen molar-refractivity contribution >= 4 is 29.3 Å². The highest BCUT2D eigenvalue weighted by molar-refractivity contribution is 7.80. The number of carbonyl (C=O) groups is 2. The molecule has 0 spiro atoms. The van der Waals surface area contributed by atoms with Crippen molar-refractivity contribution in [1.82, 2.24) is 20.4 Å². The van der Waals surface area contributed by atoms with Crippen LogP contribution in [-0.4, -0.2) is 53.2 Å². The second-order valence-electron chi connectivity index (χ2n) is 3.36. The Bertz CT molecular complexity index is 332. The fourth-order valence-corrected chi connectivity index (χ4v) is 1.90. The maximum Gasteiger partial charge on any atom is 0.325 e. The second-order valence-corrected chi connectivity index (χ2v) is 3.74. The Morgan fingerprint density at radius 3 is 2.57 bits per heavy atom. The van der Waals surface area contributed by atoms with Gasteiger partial charge in [-0.25, -0.2) is 4.79 Å². The van der Waals surface area contributed by atoms with E-state index < -0.39 is 12.1 Å². The van der Waals surface area contributed by atoms with Crippen molar-refractivity contribution in [1.29, 1.82) is 0 Å². The van der Waals surface area contributed by atoms with E-state index in [-0.39, 0.29) is 12.1 Å². The number of likely N-dealkylation sites (N-methyl/N-ethyl adjacent to an activating group) is 2. The number of amides is 3. The van der Waals surface area contributed by atoms with Gasteiger partial charge >= 0.3 is 6.03 Å². The van der Waals surface area contributed by atoms with Crippen LogP contribution < -0.4 is 10.6 Å². The van der Waals surface area contributed by atoms with Gasteiger partial charge in [0.05, 0.1) is 0 Å². The highest BCUT2D eigenvalue weighted by Crippen LogP contribution is 2.18. The predicted octanol–water partition coefficient (Wildman–Crippen LogP) is -1.32. The molecule has 3 amide bonds. The number of carbonyl (C=O) groups excluding carboxylic acids is 2. The molecule has 6 nitrogen and oxygen atoms in total. The zero-order valence-electron chi connectivity index (χ0n) is 7.77. The Morgan fingerprint density at radius 2 is 1.93 bits per heavy atom. The first kappa shape index (κ1) is 9.20. The third kappa shape index (κ3) is 1.05. The lowest BCUT2D eigenvalue weighted by molar-refractivity contribution is -0.126. The summed E-state index contributed by atoms with van der Waals surface area (Å²) in [6.45, 7) is 0. The molecule has 0 bridgehead atoms. The van der Waals surface area contributed by atoms with Gasteiger partial charge in [-0.1, -0.05) is 0 Å². The molecule has 2 saturated heterocycles. The third-order valence-corrected chi connectivity index (χ3v) is 2.95. The predicted molar refractivity (Wildman–Crippen MR) is 52.4 cm³/mol. The number of hydrogen-bond donors (Lipinski definition) is 2. The van der Waals surface area contributed by atoms with Crippen molar-refractivity contribution in [3.05, 3.63) is 0 Å². The van der Waals surface area contributed by atoms with Crippen LogP contribution in [0.5, 0.6) is 0 Å². The molecule has 0 aromatic carbocycles. The van der Waals surface area contributed by atoms with Crippen molar-refractivity contribution in [2.45, 2.75) is 12.2 Å². The fourth-order valence-electron chi connectivity index (χ4n) is 1.67. The van der Waals surface area contributed by atoms with Crippen LogP contribution >= 0.6 is 12.2 Å². The molecule has 7 heteroatoms. The molecule has 2 aliphatic heterocycles. The molecule has 2 atom stereocenters. The van der Waals surface area contributed by atoms with Crippen LogP contribution in [0.15, 0.2) is 0 Å². The number of urea groups is 1. The summed E-state index contributed by atoms with van der Waals surface area (Å²) in [5.41, 5.74) is 0. The third-order valence-electron chi connectivity index (χ3n) is 2.54. The molecule has 2 heterocycles. The minimum absolute atomic E-state index is 0.312. The summed E-state index contributed by atoms with van der Waals surface area (Å²) >= 11 is 5.00. The first-order chi connectivity index (χ1) is 6.52. The monoisotopic (exact) mass is 214 g/mol. The van der Waals surface area contributed by atoms with E-state index in [9.17, 15) is 9.59 Å². The minimum Gasteiger partial charge on any atom is -0.340 e. The number of nitrogens with zero attached hydrogens (tertiary/aromatic N) is 2. The van der Waals surface area contributed by atoms with Crippen molar-refractivity contribution < 1.29 is 9.59 Å². The molecule has 2 rings (SSSR count). The number of imide groups is 1. The summed E-state index contributed by atoms with van der Waals surface area (Å²) in [7, 11) is 3.34. The van der Waals surface area contributed by atoms with E-state index in [2.05, 4.69) is 10.6 Å². The van der Waals surface area contributed by atoms with Gasteiger partial charge in [0.25, 0.3) is 5.91 Å². The smallest absolute Gasteiger partial charge is 0.325 e. The molecule has 0 aromatic heterocycles. The molecule has 14 heavy (non-hydrogen) atoms. The zero-order chi connectivity index (χ0) is 10.5. The Balaban J connectivity index is 2.33. The van der Waals surface area contributed by atoms with Crippen LogP contribution in [0.1, 0.15) is 0 Å². The van der Waals surface area contributed by atoms with Gasteiger partial charge in [0, 0.05) is 14.1 Å². The summed E-state index contributed by atoms with van der Waals surface area (Å²) in [6, 6.07) is -0.827. The van der Waals surface area contributed by atoms with Gasteiger partial charge in [0.1, 0.15) is 12.2 Å². The van der Waals surface area contributed by atoms with Gasteiger partial charge < -0.3 is 15.1 Å². The zero-order valence-corrected chi connectivity index (χ0v) is 8.59. The van der Waals surface area contributed by atoms with E-state index in [4.69, 9.17) is 12.2 Å². The van der Waals surface area contributed by atoms with E-state index in [1.165, 1.54) is 4.90 Å². The van der Waals surface area contributed by atoms with Crippen molar-refractivity contribution in [3.8, 4) is 0 Å². The topological polar surface area (TPSA) is 64.7 Å². The van der Waals surface area contributed by atoms with Crippen LogP contribution in [0.25, 0.3) is 0 Å². The molecule has 0 aliphatic carbocycles. The Hall–Kier alpha value is -1.37. The van der Waals surface area contributed by atoms with Crippen LogP contribution in [0, 0.1) is 0 Å². The lowest BCUT2D eigenvalue weighted by Crippen LogP contribution is -2.64. The van der Waals surface area contributed by atoms with Crippen LogP contribution in [0.2, 0.25) is 0 Å². The molecule has 2 N–H and O–H groups in total. The first-order valence-corrected chi connectivity index (χ1v) is 4.54. The molecule has 0 saturated carbocycles.